The molecule has 0 bridgehead atoms. The topological polar surface area (TPSA) is 75.3 Å². The zero-order valence-corrected chi connectivity index (χ0v) is 18.2. The minimum Gasteiger partial charge on any atom is -0.357 e. The van der Waals surface area contributed by atoms with Gasteiger partial charge in [0, 0.05) is 12.0 Å². The molecule has 0 atom stereocenters. The molecule has 0 fully saturated rings. The fourth-order valence-corrected chi connectivity index (χ4v) is 2.11. The zero-order valence-electron chi connectivity index (χ0n) is 15.9. The maximum atomic E-state index is 13.3. The van der Waals surface area contributed by atoms with E-state index in [1.807, 2.05) is 27.7 Å². The van der Waals surface area contributed by atoms with Crippen LogP contribution in [0.3, 0.4) is 0 Å². The molecule has 0 saturated heterocycles. The molecule has 0 spiro atoms. The summed E-state index contributed by atoms with van der Waals surface area (Å²) in [5.74, 6) is 1.62. The first-order valence-electron chi connectivity index (χ1n) is 8.40. The van der Waals surface area contributed by atoms with Crippen molar-refractivity contribution in [2.75, 3.05) is 6.54 Å². The second-order valence-corrected chi connectivity index (χ2v) is 6.90. The number of aromatic nitrogens is 2. The first-order valence-corrected chi connectivity index (χ1v) is 8.40. The lowest BCUT2D eigenvalue weighted by Gasteiger charge is -2.11. The lowest BCUT2D eigenvalue weighted by Crippen LogP contribution is -2.37. The normalized spacial score (nSPS) is 11.8. The van der Waals surface area contributed by atoms with Gasteiger partial charge in [0.2, 0.25) is 5.89 Å². The molecule has 0 aliphatic carbocycles. The number of hydrogen-bond donors (Lipinski definition) is 2. The quantitative estimate of drug-likeness (QED) is 0.392. The second-order valence-electron chi connectivity index (χ2n) is 6.90. The molecule has 0 radical (unpaired) electrons. The van der Waals surface area contributed by atoms with E-state index < -0.39 is 0 Å². The molecule has 0 aliphatic heterocycles. The summed E-state index contributed by atoms with van der Waals surface area (Å²) in [4.78, 5) is 8.90. The van der Waals surface area contributed by atoms with Crippen LogP contribution in [0.5, 0.6) is 0 Å². The van der Waals surface area contributed by atoms with Gasteiger partial charge in [-0.2, -0.15) is 4.98 Å². The van der Waals surface area contributed by atoms with E-state index in [2.05, 4.69) is 25.8 Å². The van der Waals surface area contributed by atoms with Crippen molar-refractivity contribution in [3.63, 3.8) is 0 Å². The summed E-state index contributed by atoms with van der Waals surface area (Å²) >= 11 is 0. The number of nitrogens with one attached hydrogen (secondary N) is 2. The van der Waals surface area contributed by atoms with E-state index in [1.165, 1.54) is 6.07 Å². The number of aryl methyl sites for hydroxylation is 1. The molecule has 2 aromatic rings. The second kappa shape index (κ2) is 9.84. The number of halogens is 2. The molecule has 8 heteroatoms. The highest BCUT2D eigenvalue weighted by Gasteiger charge is 2.21. The minimum absolute atomic E-state index is 0. The molecule has 2 rings (SSSR count). The maximum Gasteiger partial charge on any atom is 0.232 e. The molecule has 1 aromatic heterocycles. The van der Waals surface area contributed by atoms with Crippen LogP contribution in [0.1, 0.15) is 50.5 Å². The van der Waals surface area contributed by atoms with Crippen molar-refractivity contribution in [3.05, 3.63) is 46.9 Å². The summed E-state index contributed by atoms with van der Waals surface area (Å²) in [5.41, 5.74) is 1.39. The van der Waals surface area contributed by atoms with Gasteiger partial charge in [0.1, 0.15) is 5.82 Å². The predicted molar refractivity (Wildman–Crippen MR) is 111 cm³/mol. The summed E-state index contributed by atoms with van der Waals surface area (Å²) < 4.78 is 18.6. The molecule has 0 amide bonds. The van der Waals surface area contributed by atoms with Crippen molar-refractivity contribution >= 4 is 29.9 Å². The minimum atomic E-state index is -0.204. The van der Waals surface area contributed by atoms with Crippen LogP contribution in [0.2, 0.25) is 0 Å². The molecule has 0 aliphatic rings. The SMILES string of the molecule is CCNC(=NCc1ccc(F)c(C)c1)NCc1noc(C(C)(C)C)n1.I. The maximum absolute atomic E-state index is 13.3. The fourth-order valence-electron chi connectivity index (χ4n) is 2.11. The van der Waals surface area contributed by atoms with Gasteiger partial charge < -0.3 is 15.2 Å². The smallest absolute Gasteiger partial charge is 0.232 e. The van der Waals surface area contributed by atoms with Crippen LogP contribution < -0.4 is 10.6 Å². The summed E-state index contributed by atoms with van der Waals surface area (Å²) in [6.07, 6.45) is 0. The molecule has 1 heterocycles. The molecule has 0 saturated carbocycles. The van der Waals surface area contributed by atoms with Crippen molar-refractivity contribution < 1.29 is 8.91 Å². The van der Waals surface area contributed by atoms with Crippen molar-refractivity contribution in [2.45, 2.75) is 53.1 Å². The molecule has 6 nitrogen and oxygen atoms in total. The highest BCUT2D eigenvalue weighted by molar-refractivity contribution is 14.0. The third-order valence-corrected chi connectivity index (χ3v) is 3.51. The van der Waals surface area contributed by atoms with E-state index in [0.29, 0.717) is 36.3 Å². The Kier molecular flexibility index (Phi) is 8.45. The number of guanidine groups is 1. The summed E-state index contributed by atoms with van der Waals surface area (Å²) in [5, 5.41) is 10.3. The number of benzene rings is 1. The zero-order chi connectivity index (χ0) is 18.4. The van der Waals surface area contributed by atoms with Crippen LogP contribution in [0.25, 0.3) is 0 Å². The lowest BCUT2D eigenvalue weighted by molar-refractivity contribution is 0.318. The Morgan fingerprint density at radius 2 is 2.00 bits per heavy atom. The Morgan fingerprint density at radius 3 is 2.58 bits per heavy atom. The highest BCUT2D eigenvalue weighted by Crippen LogP contribution is 2.19. The monoisotopic (exact) mass is 475 g/mol. The third-order valence-electron chi connectivity index (χ3n) is 3.51. The summed E-state index contributed by atoms with van der Waals surface area (Å²) in [6.45, 7) is 11.4. The summed E-state index contributed by atoms with van der Waals surface area (Å²) in [7, 11) is 0. The third kappa shape index (κ3) is 6.54. The van der Waals surface area contributed by atoms with Crippen LogP contribution in [0.15, 0.2) is 27.7 Å². The van der Waals surface area contributed by atoms with Gasteiger partial charge in [0.25, 0.3) is 0 Å². The highest BCUT2D eigenvalue weighted by atomic mass is 127. The average molecular weight is 475 g/mol. The van der Waals surface area contributed by atoms with E-state index in [0.717, 1.165) is 12.1 Å². The van der Waals surface area contributed by atoms with Gasteiger partial charge in [0.15, 0.2) is 11.8 Å². The van der Waals surface area contributed by atoms with Gasteiger partial charge in [-0.3, -0.25) is 0 Å². The van der Waals surface area contributed by atoms with E-state index in [1.54, 1.807) is 19.1 Å². The van der Waals surface area contributed by atoms with Gasteiger partial charge in [-0.25, -0.2) is 9.38 Å². The Morgan fingerprint density at radius 1 is 1.27 bits per heavy atom. The average Bonchev–Trinajstić information content (AvgIpc) is 3.02. The number of nitrogens with zero attached hydrogens (tertiary/aromatic N) is 3. The molecular weight excluding hydrogens is 448 g/mol. The van der Waals surface area contributed by atoms with Crippen LogP contribution in [0.4, 0.5) is 4.39 Å². The van der Waals surface area contributed by atoms with E-state index >= 15 is 0 Å². The van der Waals surface area contributed by atoms with E-state index in [4.69, 9.17) is 4.52 Å². The summed E-state index contributed by atoms with van der Waals surface area (Å²) in [6, 6.07) is 5.01. The van der Waals surface area contributed by atoms with Crippen molar-refractivity contribution in [2.24, 2.45) is 4.99 Å². The van der Waals surface area contributed by atoms with Gasteiger partial charge in [-0.15, -0.1) is 24.0 Å². The molecule has 0 unspecified atom stereocenters. The first-order chi connectivity index (χ1) is 11.8. The molecular formula is C18H27FIN5O. The van der Waals surface area contributed by atoms with Crippen LogP contribution in [-0.2, 0) is 18.5 Å². The predicted octanol–water partition coefficient (Wildman–Crippen LogP) is 3.69. The molecule has 26 heavy (non-hydrogen) atoms. The van der Waals surface area contributed by atoms with E-state index in [-0.39, 0.29) is 35.2 Å². The standard InChI is InChI=1S/C18H26FN5O.HI/c1-6-20-17(21-10-13-7-8-14(19)12(2)9-13)22-11-15-23-16(25-24-15)18(3,4)5;/h7-9H,6,10-11H2,1-5H3,(H2,20,21,22);1H. The molecule has 1 aromatic carbocycles. The Balaban J connectivity index is 0.00000338. The van der Waals surface area contributed by atoms with Crippen molar-refractivity contribution in [1.29, 1.82) is 0 Å². The van der Waals surface area contributed by atoms with E-state index in [9.17, 15) is 4.39 Å². The number of hydrogen-bond acceptors (Lipinski definition) is 4. The van der Waals surface area contributed by atoms with Gasteiger partial charge in [-0.1, -0.05) is 38.1 Å². The lowest BCUT2D eigenvalue weighted by atomic mass is 9.97. The fraction of sp³-hybridized carbons (Fsp3) is 0.500. The molecule has 2 N–H and O–H groups in total. The van der Waals surface area contributed by atoms with Crippen LogP contribution in [-0.4, -0.2) is 22.6 Å². The number of aliphatic imine (C=N–C) groups is 1. The largest absolute Gasteiger partial charge is 0.357 e. The Hall–Kier alpha value is -1.71. The van der Waals surface area contributed by atoms with Gasteiger partial charge in [0.05, 0.1) is 13.1 Å². The number of rotatable bonds is 5. The molecule has 144 valence electrons. The van der Waals surface area contributed by atoms with Crippen molar-refractivity contribution in [3.8, 4) is 0 Å². The van der Waals surface area contributed by atoms with Gasteiger partial charge >= 0.3 is 0 Å². The van der Waals surface area contributed by atoms with Crippen LogP contribution >= 0.6 is 24.0 Å². The Labute approximate surface area is 171 Å². The van der Waals surface area contributed by atoms with Gasteiger partial charge in [-0.05, 0) is 31.0 Å². The first kappa shape index (κ1) is 22.3. The van der Waals surface area contributed by atoms with Crippen LogP contribution in [0, 0.1) is 12.7 Å². The van der Waals surface area contributed by atoms with Crippen molar-refractivity contribution in [1.82, 2.24) is 20.8 Å². The Bertz CT molecular complexity index is 739.